The smallest absolute Gasteiger partial charge is 0.307 e. The lowest BCUT2D eigenvalue weighted by atomic mass is 9.61. The van der Waals surface area contributed by atoms with Crippen molar-refractivity contribution in [3.8, 4) is 0 Å². The van der Waals surface area contributed by atoms with Crippen molar-refractivity contribution in [3.05, 3.63) is 24.2 Å². The van der Waals surface area contributed by atoms with E-state index in [2.05, 4.69) is 33.0 Å². The molecular weight excluding hydrogens is 266 g/mol. The fraction of sp³-hybridized carbons (Fsp3) is 0.706. The average molecular weight is 293 g/mol. The Balaban J connectivity index is 1.97. The van der Waals surface area contributed by atoms with Gasteiger partial charge in [0.05, 0.1) is 12.2 Å². The van der Waals surface area contributed by atoms with Crippen LogP contribution in [-0.4, -0.2) is 23.2 Å². The SMILES string of the molecule is CC(Cc1ccco1)NC1CCC(C(=O)O)C(C)(C)C1C. The maximum atomic E-state index is 11.4. The van der Waals surface area contributed by atoms with Crippen molar-refractivity contribution in [3.63, 3.8) is 0 Å². The van der Waals surface area contributed by atoms with Crippen LogP contribution in [0.3, 0.4) is 0 Å². The summed E-state index contributed by atoms with van der Waals surface area (Å²) in [5.74, 6) is 0.410. The molecule has 1 fully saturated rings. The highest BCUT2D eigenvalue weighted by molar-refractivity contribution is 5.71. The second-order valence-electron chi connectivity index (χ2n) is 7.04. The van der Waals surface area contributed by atoms with Crippen LogP contribution in [0.1, 0.15) is 46.3 Å². The molecule has 21 heavy (non-hydrogen) atoms. The largest absolute Gasteiger partial charge is 0.481 e. The minimum atomic E-state index is -0.658. The zero-order valence-electron chi connectivity index (χ0n) is 13.4. The lowest BCUT2D eigenvalue weighted by molar-refractivity contribution is -0.150. The first-order chi connectivity index (χ1) is 9.82. The van der Waals surface area contributed by atoms with Crippen molar-refractivity contribution in [2.75, 3.05) is 0 Å². The van der Waals surface area contributed by atoms with Crippen LogP contribution in [0.15, 0.2) is 22.8 Å². The van der Waals surface area contributed by atoms with Crippen LogP contribution in [0.25, 0.3) is 0 Å². The Labute approximate surface area is 126 Å². The molecule has 2 N–H and O–H groups in total. The summed E-state index contributed by atoms with van der Waals surface area (Å²) in [6, 6.07) is 4.58. The Bertz CT molecular complexity index is 466. The predicted octanol–water partition coefficient (Wildman–Crippen LogP) is 3.33. The molecule has 1 aromatic heterocycles. The molecule has 1 aliphatic rings. The van der Waals surface area contributed by atoms with Gasteiger partial charge in [-0.2, -0.15) is 0 Å². The minimum Gasteiger partial charge on any atom is -0.481 e. The highest BCUT2D eigenvalue weighted by atomic mass is 16.4. The van der Waals surface area contributed by atoms with E-state index in [1.807, 2.05) is 12.1 Å². The second kappa shape index (κ2) is 6.22. The van der Waals surface area contributed by atoms with Gasteiger partial charge in [0.15, 0.2) is 0 Å². The molecule has 4 heteroatoms. The standard InChI is InChI=1S/C17H27NO3/c1-11(10-13-6-5-9-21-13)18-15-8-7-14(16(19)20)17(3,4)12(15)2/h5-6,9,11-12,14-15,18H,7-8,10H2,1-4H3,(H,19,20). The Morgan fingerprint density at radius 1 is 1.52 bits per heavy atom. The van der Waals surface area contributed by atoms with E-state index < -0.39 is 5.97 Å². The minimum absolute atomic E-state index is 0.188. The molecule has 4 atom stereocenters. The zero-order valence-corrected chi connectivity index (χ0v) is 13.4. The molecule has 0 saturated heterocycles. The van der Waals surface area contributed by atoms with E-state index >= 15 is 0 Å². The molecule has 0 aliphatic heterocycles. The molecule has 0 radical (unpaired) electrons. The maximum absolute atomic E-state index is 11.4. The molecule has 2 rings (SSSR count). The number of nitrogens with one attached hydrogen (secondary N) is 1. The summed E-state index contributed by atoms with van der Waals surface area (Å²) < 4.78 is 5.39. The third kappa shape index (κ3) is 3.49. The van der Waals surface area contributed by atoms with Crippen LogP contribution >= 0.6 is 0 Å². The lowest BCUT2D eigenvalue weighted by Gasteiger charge is -2.47. The average Bonchev–Trinajstić information content (AvgIpc) is 2.87. The van der Waals surface area contributed by atoms with Crippen molar-refractivity contribution in [1.29, 1.82) is 0 Å². The second-order valence-corrected chi connectivity index (χ2v) is 7.04. The number of furan rings is 1. The van der Waals surface area contributed by atoms with E-state index in [1.54, 1.807) is 6.26 Å². The van der Waals surface area contributed by atoms with Crippen LogP contribution < -0.4 is 5.32 Å². The van der Waals surface area contributed by atoms with Gasteiger partial charge in [0.2, 0.25) is 0 Å². The van der Waals surface area contributed by atoms with Crippen LogP contribution in [0.5, 0.6) is 0 Å². The monoisotopic (exact) mass is 293 g/mol. The van der Waals surface area contributed by atoms with Gasteiger partial charge in [-0.15, -0.1) is 0 Å². The summed E-state index contributed by atoms with van der Waals surface area (Å²) in [6.45, 7) is 8.50. The third-order valence-electron chi connectivity index (χ3n) is 5.33. The van der Waals surface area contributed by atoms with Gasteiger partial charge in [-0.1, -0.05) is 20.8 Å². The highest BCUT2D eigenvalue weighted by Gasteiger charge is 2.46. The zero-order chi connectivity index (χ0) is 15.6. The quantitative estimate of drug-likeness (QED) is 0.874. The molecule has 1 aliphatic carbocycles. The number of hydrogen-bond donors (Lipinski definition) is 2. The van der Waals surface area contributed by atoms with E-state index in [9.17, 15) is 9.90 Å². The first-order valence-electron chi connectivity index (χ1n) is 7.83. The number of carboxylic acids is 1. The molecule has 4 unspecified atom stereocenters. The Morgan fingerprint density at radius 2 is 2.24 bits per heavy atom. The number of rotatable bonds is 5. The summed E-state index contributed by atoms with van der Waals surface area (Å²) in [4.78, 5) is 11.4. The molecule has 118 valence electrons. The predicted molar refractivity (Wildman–Crippen MR) is 82.1 cm³/mol. The van der Waals surface area contributed by atoms with Crippen LogP contribution in [0.4, 0.5) is 0 Å². The highest BCUT2D eigenvalue weighted by Crippen LogP contribution is 2.45. The van der Waals surface area contributed by atoms with Crippen molar-refractivity contribution in [2.45, 2.75) is 59.0 Å². The van der Waals surface area contributed by atoms with Gasteiger partial charge in [-0.25, -0.2) is 0 Å². The molecule has 1 saturated carbocycles. The summed E-state index contributed by atoms with van der Waals surface area (Å²) in [5, 5.41) is 13.1. The number of aliphatic carboxylic acids is 1. The molecular formula is C17H27NO3. The van der Waals surface area contributed by atoms with Crippen molar-refractivity contribution in [2.24, 2.45) is 17.3 Å². The summed E-state index contributed by atoms with van der Waals surface area (Å²) in [6.07, 6.45) is 4.23. The van der Waals surface area contributed by atoms with Crippen LogP contribution in [-0.2, 0) is 11.2 Å². The van der Waals surface area contributed by atoms with Crippen LogP contribution in [0.2, 0.25) is 0 Å². The molecule has 1 aromatic rings. The van der Waals surface area contributed by atoms with Gasteiger partial charge in [0.1, 0.15) is 5.76 Å². The Kier molecular flexibility index (Phi) is 4.77. The van der Waals surface area contributed by atoms with E-state index in [4.69, 9.17) is 4.42 Å². The lowest BCUT2D eigenvalue weighted by Crippen LogP contribution is -2.53. The topological polar surface area (TPSA) is 62.5 Å². The van der Waals surface area contributed by atoms with E-state index in [1.165, 1.54) is 0 Å². The van der Waals surface area contributed by atoms with Gasteiger partial charge >= 0.3 is 5.97 Å². The maximum Gasteiger partial charge on any atom is 0.307 e. The Hall–Kier alpha value is -1.29. The number of hydrogen-bond acceptors (Lipinski definition) is 3. The summed E-state index contributed by atoms with van der Waals surface area (Å²) in [5.41, 5.74) is -0.188. The van der Waals surface area contributed by atoms with E-state index in [-0.39, 0.29) is 11.3 Å². The normalized spacial score (nSPS) is 30.0. The molecule has 0 spiro atoms. The third-order valence-corrected chi connectivity index (χ3v) is 5.33. The van der Waals surface area contributed by atoms with Gasteiger partial charge in [-0.3, -0.25) is 4.79 Å². The van der Waals surface area contributed by atoms with Crippen molar-refractivity contribution >= 4 is 5.97 Å². The fourth-order valence-electron chi connectivity index (χ4n) is 3.63. The molecule has 0 bridgehead atoms. The number of carbonyl (C=O) groups is 1. The number of carboxylic acid groups (broad SMARTS) is 1. The molecule has 0 aromatic carbocycles. The van der Waals surface area contributed by atoms with Gasteiger partial charge in [0, 0.05) is 18.5 Å². The molecule has 0 amide bonds. The van der Waals surface area contributed by atoms with Crippen molar-refractivity contribution < 1.29 is 14.3 Å². The summed E-state index contributed by atoms with van der Waals surface area (Å²) in [7, 11) is 0. The summed E-state index contributed by atoms with van der Waals surface area (Å²) >= 11 is 0. The molecule has 1 heterocycles. The molecule has 4 nitrogen and oxygen atoms in total. The van der Waals surface area contributed by atoms with Crippen molar-refractivity contribution in [1.82, 2.24) is 5.32 Å². The first kappa shape index (κ1) is 16.1. The first-order valence-corrected chi connectivity index (χ1v) is 7.83. The van der Waals surface area contributed by atoms with Gasteiger partial charge in [-0.05, 0) is 43.2 Å². The van der Waals surface area contributed by atoms with E-state index in [0.29, 0.717) is 18.0 Å². The van der Waals surface area contributed by atoms with Crippen LogP contribution in [0, 0.1) is 17.3 Å². The van der Waals surface area contributed by atoms with E-state index in [0.717, 1.165) is 25.0 Å². The Morgan fingerprint density at radius 3 is 2.81 bits per heavy atom. The van der Waals surface area contributed by atoms with Gasteiger partial charge < -0.3 is 14.8 Å². The van der Waals surface area contributed by atoms with Gasteiger partial charge in [0.25, 0.3) is 0 Å². The fourth-order valence-corrected chi connectivity index (χ4v) is 3.63.